The van der Waals surface area contributed by atoms with Crippen molar-refractivity contribution in [2.24, 2.45) is 16.8 Å². The molecule has 3 atom stereocenters. The molecule has 0 amide bonds. The Bertz CT molecular complexity index is 1140. The molecule has 1 aliphatic rings. The molecule has 156 valence electrons. The number of nitro benzene ring substituents is 1. The molecule has 1 fully saturated rings. The molecule has 0 aliphatic heterocycles. The van der Waals surface area contributed by atoms with Crippen LogP contribution in [-0.2, 0) is 0 Å². The van der Waals surface area contributed by atoms with Gasteiger partial charge in [0.05, 0.1) is 10.6 Å². The number of aromatic nitrogens is 1. The standard InChI is InChI=1S/C23H24FN3O2S/c1-15-7-5-12-21(16(15)2)26-22(17-8-6-9-18(13-17)27(28)29)14-30-23(26)25-20-11-4-3-10-19(20)24/h3-4,6,8-11,13-16,21H,5,7,12H2,1-2H3. The lowest BCUT2D eigenvalue weighted by molar-refractivity contribution is -0.384. The van der Waals surface area contributed by atoms with Crippen molar-refractivity contribution in [1.29, 1.82) is 0 Å². The lowest BCUT2D eigenvalue weighted by Gasteiger charge is -2.36. The highest BCUT2D eigenvalue weighted by atomic mass is 32.1. The van der Waals surface area contributed by atoms with E-state index < -0.39 is 0 Å². The molecule has 0 N–H and O–H groups in total. The molecule has 0 bridgehead atoms. The van der Waals surface area contributed by atoms with Crippen LogP contribution in [0.1, 0.15) is 39.2 Å². The van der Waals surface area contributed by atoms with Crippen LogP contribution in [0.2, 0.25) is 0 Å². The average molecular weight is 426 g/mol. The molecule has 0 saturated heterocycles. The minimum Gasteiger partial charge on any atom is -0.313 e. The van der Waals surface area contributed by atoms with E-state index in [9.17, 15) is 14.5 Å². The highest BCUT2D eigenvalue weighted by molar-refractivity contribution is 7.07. The monoisotopic (exact) mass is 425 g/mol. The number of hydrogen-bond donors (Lipinski definition) is 0. The van der Waals surface area contributed by atoms with Gasteiger partial charge in [0.1, 0.15) is 11.5 Å². The molecule has 30 heavy (non-hydrogen) atoms. The Morgan fingerprint density at radius 1 is 1.17 bits per heavy atom. The molecule has 3 unspecified atom stereocenters. The number of thiazole rings is 1. The Hall–Kier alpha value is -2.80. The first-order chi connectivity index (χ1) is 14.5. The van der Waals surface area contributed by atoms with E-state index in [1.165, 1.54) is 29.9 Å². The molecule has 2 aromatic carbocycles. The van der Waals surface area contributed by atoms with Gasteiger partial charge in [0.15, 0.2) is 4.80 Å². The maximum Gasteiger partial charge on any atom is 0.270 e. The molecule has 1 aliphatic carbocycles. The molecule has 1 saturated carbocycles. The molecular weight excluding hydrogens is 401 g/mol. The van der Waals surface area contributed by atoms with Gasteiger partial charge in [-0.3, -0.25) is 10.1 Å². The Labute approximate surface area is 178 Å². The molecule has 1 aromatic heterocycles. The van der Waals surface area contributed by atoms with E-state index >= 15 is 0 Å². The van der Waals surface area contributed by atoms with E-state index in [0.717, 1.165) is 24.1 Å². The molecule has 7 heteroatoms. The van der Waals surface area contributed by atoms with Crippen molar-refractivity contribution in [2.45, 2.75) is 39.2 Å². The summed E-state index contributed by atoms with van der Waals surface area (Å²) in [6.07, 6.45) is 3.31. The number of para-hydroxylation sites is 1. The summed E-state index contributed by atoms with van der Waals surface area (Å²) in [7, 11) is 0. The predicted octanol–water partition coefficient (Wildman–Crippen LogP) is 6.49. The lowest BCUT2D eigenvalue weighted by atomic mass is 9.78. The average Bonchev–Trinajstić information content (AvgIpc) is 3.15. The van der Waals surface area contributed by atoms with Gasteiger partial charge in [-0.25, -0.2) is 9.38 Å². The third kappa shape index (κ3) is 3.94. The second-order valence-corrected chi connectivity index (χ2v) is 8.82. The van der Waals surface area contributed by atoms with E-state index in [-0.39, 0.29) is 22.5 Å². The summed E-state index contributed by atoms with van der Waals surface area (Å²) in [4.78, 5) is 16.3. The maximum absolute atomic E-state index is 14.3. The number of nitro groups is 1. The molecule has 1 heterocycles. The Kier molecular flexibility index (Phi) is 5.81. The van der Waals surface area contributed by atoms with Gasteiger partial charge >= 0.3 is 0 Å². The highest BCUT2D eigenvalue weighted by Crippen LogP contribution is 2.40. The van der Waals surface area contributed by atoms with Gasteiger partial charge in [-0.15, -0.1) is 11.3 Å². The smallest absolute Gasteiger partial charge is 0.270 e. The SMILES string of the molecule is CC1CCCC(n2c(-c3cccc([N+](=O)[O-])c3)csc2=Nc2ccccc2F)C1C. The van der Waals surface area contributed by atoms with Crippen LogP contribution in [-0.4, -0.2) is 9.49 Å². The zero-order valence-electron chi connectivity index (χ0n) is 17.0. The maximum atomic E-state index is 14.3. The van der Waals surface area contributed by atoms with Crippen molar-refractivity contribution in [3.8, 4) is 11.3 Å². The molecule has 5 nitrogen and oxygen atoms in total. The van der Waals surface area contributed by atoms with Gasteiger partial charge < -0.3 is 4.57 Å². The Balaban J connectivity index is 1.92. The zero-order valence-corrected chi connectivity index (χ0v) is 17.8. The van der Waals surface area contributed by atoms with Crippen LogP contribution in [0, 0.1) is 27.8 Å². The van der Waals surface area contributed by atoms with Crippen LogP contribution < -0.4 is 4.80 Å². The number of benzene rings is 2. The third-order valence-electron chi connectivity index (χ3n) is 6.16. The van der Waals surface area contributed by atoms with Crippen molar-refractivity contribution in [1.82, 2.24) is 4.57 Å². The van der Waals surface area contributed by atoms with Gasteiger partial charge in [0.25, 0.3) is 5.69 Å². The van der Waals surface area contributed by atoms with E-state index in [1.807, 2.05) is 11.4 Å². The first kappa shape index (κ1) is 20.5. The second kappa shape index (κ2) is 8.52. The normalized spacial score (nSPS) is 22.2. The number of hydrogen-bond acceptors (Lipinski definition) is 4. The largest absolute Gasteiger partial charge is 0.313 e. The van der Waals surface area contributed by atoms with Crippen molar-refractivity contribution in [3.63, 3.8) is 0 Å². The quantitative estimate of drug-likeness (QED) is 0.354. The highest BCUT2D eigenvalue weighted by Gasteiger charge is 2.30. The van der Waals surface area contributed by atoms with E-state index in [4.69, 9.17) is 0 Å². The molecule has 0 spiro atoms. The van der Waals surface area contributed by atoms with Crippen molar-refractivity contribution in [3.05, 3.63) is 74.6 Å². The summed E-state index contributed by atoms with van der Waals surface area (Å²) in [6, 6.07) is 13.4. The topological polar surface area (TPSA) is 60.4 Å². The van der Waals surface area contributed by atoms with E-state index in [0.29, 0.717) is 22.3 Å². The molecule has 3 aromatic rings. The minimum absolute atomic E-state index is 0.0582. The van der Waals surface area contributed by atoms with Crippen molar-refractivity contribution < 1.29 is 9.31 Å². The molecule has 4 rings (SSSR count). The number of non-ortho nitro benzene ring substituents is 1. The number of rotatable bonds is 4. The van der Waals surface area contributed by atoms with Gasteiger partial charge in [-0.2, -0.15) is 0 Å². The predicted molar refractivity (Wildman–Crippen MR) is 117 cm³/mol. The first-order valence-electron chi connectivity index (χ1n) is 10.2. The summed E-state index contributed by atoms with van der Waals surface area (Å²) in [6.45, 7) is 4.52. The minimum atomic E-state index is -0.379. The fourth-order valence-corrected chi connectivity index (χ4v) is 5.24. The summed E-state index contributed by atoms with van der Waals surface area (Å²) >= 11 is 1.45. The van der Waals surface area contributed by atoms with Crippen LogP contribution in [0.15, 0.2) is 58.9 Å². The number of halogens is 1. The van der Waals surface area contributed by atoms with Gasteiger partial charge in [0, 0.05) is 29.1 Å². The molecule has 0 radical (unpaired) electrons. The lowest BCUT2D eigenvalue weighted by Crippen LogP contribution is -2.32. The fourth-order valence-electron chi connectivity index (χ4n) is 4.28. The van der Waals surface area contributed by atoms with Crippen molar-refractivity contribution in [2.75, 3.05) is 0 Å². The zero-order chi connectivity index (χ0) is 21.3. The Morgan fingerprint density at radius 3 is 2.73 bits per heavy atom. The van der Waals surface area contributed by atoms with Crippen molar-refractivity contribution >= 4 is 22.7 Å². The Morgan fingerprint density at radius 2 is 1.97 bits per heavy atom. The fraction of sp³-hybridized carbons (Fsp3) is 0.348. The number of nitrogens with zero attached hydrogens (tertiary/aromatic N) is 3. The van der Waals surface area contributed by atoms with Crippen LogP contribution >= 0.6 is 11.3 Å². The third-order valence-corrected chi connectivity index (χ3v) is 7.00. The first-order valence-corrected chi connectivity index (χ1v) is 11.1. The van der Waals surface area contributed by atoms with Gasteiger partial charge in [-0.1, -0.05) is 51.0 Å². The van der Waals surface area contributed by atoms with E-state index in [1.54, 1.807) is 30.3 Å². The van der Waals surface area contributed by atoms with Gasteiger partial charge in [0.2, 0.25) is 0 Å². The summed E-state index contributed by atoms with van der Waals surface area (Å²) in [5.41, 5.74) is 2.03. The molecular formula is C23H24FN3O2S. The summed E-state index contributed by atoms with van der Waals surface area (Å²) in [5, 5.41) is 13.3. The summed E-state index contributed by atoms with van der Waals surface area (Å²) in [5.74, 6) is 0.625. The summed E-state index contributed by atoms with van der Waals surface area (Å²) < 4.78 is 16.5. The van der Waals surface area contributed by atoms with Crippen LogP contribution in [0.4, 0.5) is 15.8 Å². The van der Waals surface area contributed by atoms with Crippen LogP contribution in [0.25, 0.3) is 11.3 Å². The van der Waals surface area contributed by atoms with E-state index in [2.05, 4.69) is 23.4 Å². The second-order valence-electron chi connectivity index (χ2n) is 7.98. The van der Waals surface area contributed by atoms with Gasteiger partial charge in [-0.05, 0) is 30.4 Å². The van der Waals surface area contributed by atoms with Crippen LogP contribution in [0.5, 0.6) is 0 Å². The van der Waals surface area contributed by atoms with Crippen LogP contribution in [0.3, 0.4) is 0 Å².